The monoisotopic (exact) mass is 230 g/mol. The van der Waals surface area contributed by atoms with E-state index in [-0.39, 0.29) is 6.10 Å². The minimum Gasteiger partial charge on any atom is -0.374 e. The fourth-order valence-electron chi connectivity index (χ4n) is 1.74. The van der Waals surface area contributed by atoms with Crippen LogP contribution in [0.4, 0.5) is 5.82 Å². The van der Waals surface area contributed by atoms with Gasteiger partial charge in [-0.15, -0.1) is 0 Å². The molecule has 0 aliphatic heterocycles. The molecular formula is C14H18N2O. The molecule has 0 aliphatic rings. The van der Waals surface area contributed by atoms with Gasteiger partial charge in [-0.05, 0) is 26.0 Å². The van der Waals surface area contributed by atoms with Crippen molar-refractivity contribution < 1.29 is 4.74 Å². The Hall–Kier alpha value is -1.61. The quantitative estimate of drug-likeness (QED) is 0.875. The molecule has 1 heterocycles. The lowest BCUT2D eigenvalue weighted by molar-refractivity contribution is 0.0660. The molecule has 0 radical (unpaired) electrons. The van der Waals surface area contributed by atoms with E-state index in [1.807, 2.05) is 39.1 Å². The maximum Gasteiger partial charge on any atom is 0.131 e. The van der Waals surface area contributed by atoms with Gasteiger partial charge in [0.1, 0.15) is 5.82 Å². The van der Waals surface area contributed by atoms with Gasteiger partial charge in [-0.3, -0.25) is 0 Å². The van der Waals surface area contributed by atoms with Crippen LogP contribution >= 0.6 is 0 Å². The van der Waals surface area contributed by atoms with Crippen molar-refractivity contribution in [3.05, 3.63) is 35.9 Å². The SMILES string of the molecule is CNc1nc2ccccc2cc1COC(C)C. The van der Waals surface area contributed by atoms with Crippen molar-refractivity contribution in [1.82, 2.24) is 4.98 Å². The summed E-state index contributed by atoms with van der Waals surface area (Å²) in [6, 6.07) is 10.2. The Bertz CT molecular complexity index is 509. The molecule has 0 spiro atoms. The second-order valence-electron chi connectivity index (χ2n) is 4.30. The number of ether oxygens (including phenoxy) is 1. The molecule has 0 fully saturated rings. The number of fused-ring (bicyclic) bond motifs is 1. The first kappa shape index (κ1) is 11.9. The molecule has 0 aliphatic carbocycles. The fourth-order valence-corrected chi connectivity index (χ4v) is 1.74. The lowest BCUT2D eigenvalue weighted by atomic mass is 10.1. The minimum atomic E-state index is 0.228. The number of hydrogen-bond donors (Lipinski definition) is 1. The van der Waals surface area contributed by atoms with E-state index in [9.17, 15) is 0 Å². The average molecular weight is 230 g/mol. The van der Waals surface area contributed by atoms with Crippen LogP contribution in [0.15, 0.2) is 30.3 Å². The number of pyridine rings is 1. The Kier molecular flexibility index (Phi) is 3.59. The van der Waals surface area contributed by atoms with Crippen molar-refractivity contribution in [2.24, 2.45) is 0 Å². The van der Waals surface area contributed by atoms with Crippen molar-refractivity contribution in [2.45, 2.75) is 26.6 Å². The van der Waals surface area contributed by atoms with E-state index in [0.29, 0.717) is 6.61 Å². The molecule has 1 aromatic heterocycles. The third-order valence-electron chi connectivity index (χ3n) is 2.61. The van der Waals surface area contributed by atoms with Crippen LogP contribution in [0.2, 0.25) is 0 Å². The van der Waals surface area contributed by atoms with E-state index in [2.05, 4.69) is 22.4 Å². The van der Waals surface area contributed by atoms with Crippen LogP contribution in [-0.2, 0) is 11.3 Å². The molecule has 0 atom stereocenters. The highest BCUT2D eigenvalue weighted by Crippen LogP contribution is 2.21. The van der Waals surface area contributed by atoms with E-state index in [1.54, 1.807) is 0 Å². The molecule has 90 valence electrons. The maximum atomic E-state index is 5.64. The molecule has 0 saturated carbocycles. The van der Waals surface area contributed by atoms with Crippen molar-refractivity contribution in [3.63, 3.8) is 0 Å². The molecule has 3 nitrogen and oxygen atoms in total. The van der Waals surface area contributed by atoms with Crippen LogP contribution in [0.1, 0.15) is 19.4 Å². The molecule has 1 N–H and O–H groups in total. The van der Waals surface area contributed by atoms with Gasteiger partial charge in [-0.2, -0.15) is 0 Å². The largest absolute Gasteiger partial charge is 0.374 e. The topological polar surface area (TPSA) is 34.2 Å². The van der Waals surface area contributed by atoms with Crippen molar-refractivity contribution in [3.8, 4) is 0 Å². The zero-order valence-electron chi connectivity index (χ0n) is 10.5. The highest BCUT2D eigenvalue weighted by Gasteiger charge is 2.06. The van der Waals surface area contributed by atoms with Crippen LogP contribution in [0.5, 0.6) is 0 Å². The van der Waals surface area contributed by atoms with Gasteiger partial charge in [0.05, 0.1) is 18.2 Å². The van der Waals surface area contributed by atoms with Gasteiger partial charge in [0, 0.05) is 18.0 Å². The fraction of sp³-hybridized carbons (Fsp3) is 0.357. The van der Waals surface area contributed by atoms with E-state index in [1.165, 1.54) is 0 Å². The Balaban J connectivity index is 2.38. The Labute approximate surface area is 102 Å². The minimum absolute atomic E-state index is 0.228. The molecule has 2 aromatic rings. The summed E-state index contributed by atoms with van der Waals surface area (Å²) >= 11 is 0. The van der Waals surface area contributed by atoms with E-state index >= 15 is 0 Å². The van der Waals surface area contributed by atoms with Crippen molar-refractivity contribution in [1.29, 1.82) is 0 Å². The van der Waals surface area contributed by atoms with Crippen LogP contribution in [0, 0.1) is 0 Å². The standard InChI is InChI=1S/C14H18N2O/c1-10(2)17-9-12-8-11-6-4-5-7-13(11)16-14(12)15-3/h4-8,10H,9H2,1-3H3,(H,15,16). The van der Waals surface area contributed by atoms with Crippen LogP contribution in [-0.4, -0.2) is 18.1 Å². The van der Waals surface area contributed by atoms with Crippen molar-refractivity contribution in [2.75, 3.05) is 12.4 Å². The first-order valence-corrected chi connectivity index (χ1v) is 5.88. The molecule has 0 unspecified atom stereocenters. The molecule has 0 amide bonds. The highest BCUT2D eigenvalue weighted by molar-refractivity contribution is 5.81. The Morgan fingerprint density at radius 1 is 1.29 bits per heavy atom. The van der Waals surface area contributed by atoms with E-state index in [4.69, 9.17) is 4.74 Å². The predicted octanol–water partition coefficient (Wildman–Crippen LogP) is 3.20. The number of nitrogens with one attached hydrogen (secondary N) is 1. The van der Waals surface area contributed by atoms with E-state index < -0.39 is 0 Å². The summed E-state index contributed by atoms with van der Waals surface area (Å²) in [5, 5.41) is 4.27. The zero-order valence-corrected chi connectivity index (χ0v) is 10.5. The molecule has 3 heteroatoms. The van der Waals surface area contributed by atoms with Crippen LogP contribution in [0.3, 0.4) is 0 Å². The smallest absolute Gasteiger partial charge is 0.131 e. The number of hydrogen-bond acceptors (Lipinski definition) is 3. The normalized spacial score (nSPS) is 11.1. The molecule has 0 bridgehead atoms. The summed E-state index contributed by atoms with van der Waals surface area (Å²) in [6.45, 7) is 4.66. The molecule has 17 heavy (non-hydrogen) atoms. The van der Waals surface area contributed by atoms with Gasteiger partial charge in [-0.1, -0.05) is 18.2 Å². The number of benzene rings is 1. The lowest BCUT2D eigenvalue weighted by Crippen LogP contribution is -2.06. The third kappa shape index (κ3) is 2.74. The molecule has 0 saturated heterocycles. The van der Waals surface area contributed by atoms with Gasteiger partial charge in [-0.25, -0.2) is 4.98 Å². The first-order valence-electron chi connectivity index (χ1n) is 5.88. The Morgan fingerprint density at radius 2 is 2.06 bits per heavy atom. The summed E-state index contributed by atoms with van der Waals surface area (Å²) in [7, 11) is 1.88. The van der Waals surface area contributed by atoms with E-state index in [0.717, 1.165) is 22.3 Å². The summed E-state index contributed by atoms with van der Waals surface area (Å²) in [5.74, 6) is 0.893. The zero-order chi connectivity index (χ0) is 12.3. The molecule has 1 aromatic carbocycles. The van der Waals surface area contributed by atoms with Gasteiger partial charge in [0.15, 0.2) is 0 Å². The number of para-hydroxylation sites is 1. The van der Waals surface area contributed by atoms with Gasteiger partial charge in [0.2, 0.25) is 0 Å². The number of anilines is 1. The highest BCUT2D eigenvalue weighted by atomic mass is 16.5. The van der Waals surface area contributed by atoms with Gasteiger partial charge >= 0.3 is 0 Å². The maximum absolute atomic E-state index is 5.64. The first-order chi connectivity index (χ1) is 8.20. The number of nitrogens with zero attached hydrogens (tertiary/aromatic N) is 1. The second kappa shape index (κ2) is 5.15. The Morgan fingerprint density at radius 3 is 2.76 bits per heavy atom. The summed E-state index contributed by atoms with van der Waals surface area (Å²) in [5.41, 5.74) is 2.10. The average Bonchev–Trinajstić information content (AvgIpc) is 2.35. The summed E-state index contributed by atoms with van der Waals surface area (Å²) < 4.78 is 5.64. The predicted molar refractivity (Wildman–Crippen MR) is 71.2 cm³/mol. The van der Waals surface area contributed by atoms with Crippen molar-refractivity contribution >= 4 is 16.7 Å². The summed E-state index contributed by atoms with van der Waals surface area (Å²) in [4.78, 5) is 4.58. The lowest BCUT2D eigenvalue weighted by Gasteiger charge is -2.12. The summed E-state index contributed by atoms with van der Waals surface area (Å²) in [6.07, 6.45) is 0.228. The van der Waals surface area contributed by atoms with Crippen LogP contribution in [0.25, 0.3) is 10.9 Å². The van der Waals surface area contributed by atoms with Gasteiger partial charge in [0.25, 0.3) is 0 Å². The molecular weight excluding hydrogens is 212 g/mol. The number of rotatable bonds is 4. The molecule has 2 rings (SSSR count). The van der Waals surface area contributed by atoms with Crippen LogP contribution < -0.4 is 5.32 Å². The third-order valence-corrected chi connectivity index (χ3v) is 2.61. The van der Waals surface area contributed by atoms with Gasteiger partial charge < -0.3 is 10.1 Å². The second-order valence-corrected chi connectivity index (χ2v) is 4.30. The number of aromatic nitrogens is 1.